The van der Waals surface area contributed by atoms with Crippen LogP contribution in [-0.4, -0.2) is 24.4 Å². The fraction of sp³-hybridized carbons (Fsp3) is 0.250. The van der Waals surface area contributed by atoms with Crippen LogP contribution in [0.1, 0.15) is 11.1 Å². The summed E-state index contributed by atoms with van der Waals surface area (Å²) in [5.41, 5.74) is 1.89. The molecular formula is C16H18O4. The van der Waals surface area contributed by atoms with E-state index in [0.717, 1.165) is 16.9 Å². The van der Waals surface area contributed by atoms with E-state index in [9.17, 15) is 10.2 Å². The van der Waals surface area contributed by atoms with Gasteiger partial charge < -0.3 is 19.7 Å². The molecule has 0 aromatic heterocycles. The fourth-order valence-corrected chi connectivity index (χ4v) is 2.14. The van der Waals surface area contributed by atoms with Gasteiger partial charge in [0.05, 0.1) is 14.2 Å². The third-order valence-electron chi connectivity index (χ3n) is 3.13. The summed E-state index contributed by atoms with van der Waals surface area (Å²) >= 11 is 0. The van der Waals surface area contributed by atoms with Crippen LogP contribution in [0.15, 0.2) is 36.4 Å². The number of phenolic OH excluding ortho intramolecular Hbond substituents is 2. The highest BCUT2D eigenvalue weighted by atomic mass is 16.5. The molecule has 0 aliphatic heterocycles. The van der Waals surface area contributed by atoms with Crippen molar-refractivity contribution in [3.63, 3.8) is 0 Å². The Kier molecular flexibility index (Phi) is 4.35. The molecule has 2 aromatic rings. The molecule has 0 amide bonds. The summed E-state index contributed by atoms with van der Waals surface area (Å²) in [6, 6.07) is 10.2. The second kappa shape index (κ2) is 6.19. The van der Waals surface area contributed by atoms with E-state index in [4.69, 9.17) is 9.47 Å². The lowest BCUT2D eigenvalue weighted by atomic mass is 10.0. The van der Waals surface area contributed by atoms with E-state index in [-0.39, 0.29) is 11.5 Å². The van der Waals surface area contributed by atoms with Crippen molar-refractivity contribution < 1.29 is 19.7 Å². The average Bonchev–Trinajstić information content (AvgIpc) is 2.44. The largest absolute Gasteiger partial charge is 0.508 e. The van der Waals surface area contributed by atoms with E-state index in [2.05, 4.69) is 0 Å². The first-order valence-corrected chi connectivity index (χ1v) is 6.35. The van der Waals surface area contributed by atoms with E-state index in [1.807, 2.05) is 6.07 Å². The van der Waals surface area contributed by atoms with Gasteiger partial charge in [0.1, 0.15) is 23.0 Å². The highest BCUT2D eigenvalue weighted by Gasteiger charge is 2.06. The third kappa shape index (κ3) is 3.35. The van der Waals surface area contributed by atoms with Crippen LogP contribution in [0.5, 0.6) is 23.0 Å². The summed E-state index contributed by atoms with van der Waals surface area (Å²) in [6.45, 7) is 0. The van der Waals surface area contributed by atoms with Crippen LogP contribution in [0.4, 0.5) is 0 Å². The van der Waals surface area contributed by atoms with Gasteiger partial charge in [-0.2, -0.15) is 0 Å². The van der Waals surface area contributed by atoms with Crippen molar-refractivity contribution in [1.29, 1.82) is 0 Å². The molecule has 0 bridgehead atoms. The number of hydrogen-bond donors (Lipinski definition) is 2. The first kappa shape index (κ1) is 14.1. The van der Waals surface area contributed by atoms with Crippen molar-refractivity contribution in [3.8, 4) is 23.0 Å². The summed E-state index contributed by atoms with van der Waals surface area (Å²) in [4.78, 5) is 0. The predicted molar refractivity (Wildman–Crippen MR) is 76.7 cm³/mol. The Hall–Kier alpha value is -2.36. The minimum absolute atomic E-state index is 0.183. The molecular weight excluding hydrogens is 256 g/mol. The number of aryl methyl sites for hydroxylation is 2. The van der Waals surface area contributed by atoms with Crippen molar-refractivity contribution in [3.05, 3.63) is 47.5 Å². The van der Waals surface area contributed by atoms with Gasteiger partial charge in [-0.25, -0.2) is 0 Å². The molecule has 0 atom stereocenters. The Balaban J connectivity index is 2.16. The lowest BCUT2D eigenvalue weighted by molar-refractivity contribution is 0.405. The Bertz CT molecular complexity index is 593. The highest BCUT2D eigenvalue weighted by molar-refractivity contribution is 5.41. The molecule has 2 aromatic carbocycles. The van der Waals surface area contributed by atoms with Crippen LogP contribution in [0.25, 0.3) is 0 Å². The molecule has 4 nitrogen and oxygen atoms in total. The zero-order valence-corrected chi connectivity index (χ0v) is 11.6. The summed E-state index contributed by atoms with van der Waals surface area (Å²) in [5.74, 6) is 1.77. The first-order valence-electron chi connectivity index (χ1n) is 6.35. The molecule has 0 spiro atoms. The number of phenols is 2. The molecule has 2 rings (SSSR count). The van der Waals surface area contributed by atoms with Gasteiger partial charge in [-0.1, -0.05) is 0 Å². The van der Waals surface area contributed by atoms with Crippen LogP contribution in [0.2, 0.25) is 0 Å². The van der Waals surface area contributed by atoms with Gasteiger partial charge in [-0.15, -0.1) is 0 Å². The Morgan fingerprint density at radius 2 is 1.65 bits per heavy atom. The Labute approximate surface area is 118 Å². The van der Waals surface area contributed by atoms with Gasteiger partial charge in [-0.3, -0.25) is 0 Å². The zero-order valence-electron chi connectivity index (χ0n) is 11.6. The zero-order chi connectivity index (χ0) is 14.5. The molecule has 0 radical (unpaired) electrons. The van der Waals surface area contributed by atoms with E-state index in [0.29, 0.717) is 18.6 Å². The van der Waals surface area contributed by atoms with Gasteiger partial charge in [0.2, 0.25) is 0 Å². The number of methoxy groups -OCH3 is 2. The van der Waals surface area contributed by atoms with Crippen LogP contribution < -0.4 is 9.47 Å². The maximum Gasteiger partial charge on any atom is 0.122 e. The van der Waals surface area contributed by atoms with Crippen molar-refractivity contribution >= 4 is 0 Å². The molecule has 0 saturated heterocycles. The maximum atomic E-state index is 9.62. The first-order chi connectivity index (χ1) is 9.62. The van der Waals surface area contributed by atoms with Crippen molar-refractivity contribution in [2.45, 2.75) is 12.8 Å². The lowest BCUT2D eigenvalue weighted by Crippen LogP contribution is -1.96. The highest BCUT2D eigenvalue weighted by Crippen LogP contribution is 2.26. The molecule has 4 heteroatoms. The smallest absolute Gasteiger partial charge is 0.122 e. The van der Waals surface area contributed by atoms with Crippen molar-refractivity contribution in [2.24, 2.45) is 0 Å². The molecule has 0 saturated carbocycles. The van der Waals surface area contributed by atoms with Gasteiger partial charge in [0, 0.05) is 6.07 Å². The minimum atomic E-state index is 0.183. The van der Waals surface area contributed by atoms with E-state index < -0.39 is 0 Å². The number of hydrogen-bond acceptors (Lipinski definition) is 4. The summed E-state index contributed by atoms with van der Waals surface area (Å²) < 4.78 is 10.4. The second-order valence-electron chi connectivity index (χ2n) is 4.54. The monoisotopic (exact) mass is 274 g/mol. The quantitative estimate of drug-likeness (QED) is 0.880. The number of ether oxygens (including phenoxy) is 2. The Morgan fingerprint density at radius 3 is 2.35 bits per heavy atom. The van der Waals surface area contributed by atoms with Crippen LogP contribution >= 0.6 is 0 Å². The second-order valence-corrected chi connectivity index (χ2v) is 4.54. The molecule has 2 N–H and O–H groups in total. The topological polar surface area (TPSA) is 58.9 Å². The molecule has 20 heavy (non-hydrogen) atoms. The third-order valence-corrected chi connectivity index (χ3v) is 3.13. The summed E-state index contributed by atoms with van der Waals surface area (Å²) in [7, 11) is 3.17. The molecule has 0 aliphatic carbocycles. The van der Waals surface area contributed by atoms with Crippen LogP contribution in [0.3, 0.4) is 0 Å². The van der Waals surface area contributed by atoms with Crippen LogP contribution in [-0.2, 0) is 12.8 Å². The number of aromatic hydroxyl groups is 2. The minimum Gasteiger partial charge on any atom is -0.508 e. The van der Waals surface area contributed by atoms with Crippen molar-refractivity contribution in [1.82, 2.24) is 0 Å². The summed E-state index contributed by atoms with van der Waals surface area (Å²) in [6.07, 6.45) is 1.41. The van der Waals surface area contributed by atoms with Gasteiger partial charge in [0.15, 0.2) is 0 Å². The normalized spacial score (nSPS) is 10.3. The SMILES string of the molecule is COc1cc(O)cc(CCc2cc(O)ccc2OC)c1. The van der Waals surface area contributed by atoms with Gasteiger partial charge in [-0.05, 0) is 54.3 Å². The standard InChI is InChI=1S/C16H18O4/c1-19-15-8-11(7-14(18)10-15)3-4-12-9-13(17)5-6-16(12)20-2/h5-10,17-18H,3-4H2,1-2H3. The van der Waals surface area contributed by atoms with E-state index >= 15 is 0 Å². The summed E-state index contributed by atoms with van der Waals surface area (Å²) in [5, 5.41) is 19.2. The van der Waals surface area contributed by atoms with E-state index in [1.165, 1.54) is 0 Å². The van der Waals surface area contributed by atoms with Gasteiger partial charge in [0.25, 0.3) is 0 Å². The molecule has 106 valence electrons. The number of benzene rings is 2. The number of rotatable bonds is 5. The van der Waals surface area contributed by atoms with Crippen molar-refractivity contribution in [2.75, 3.05) is 14.2 Å². The lowest BCUT2D eigenvalue weighted by Gasteiger charge is -2.10. The average molecular weight is 274 g/mol. The van der Waals surface area contributed by atoms with Gasteiger partial charge >= 0.3 is 0 Å². The molecule has 0 fully saturated rings. The van der Waals surface area contributed by atoms with E-state index in [1.54, 1.807) is 44.6 Å². The predicted octanol–water partition coefficient (Wildman–Crippen LogP) is 2.90. The molecule has 0 unspecified atom stereocenters. The maximum absolute atomic E-state index is 9.62. The molecule has 0 aliphatic rings. The molecule has 0 heterocycles. The Morgan fingerprint density at radius 1 is 0.850 bits per heavy atom. The fourth-order valence-electron chi connectivity index (χ4n) is 2.14. The van der Waals surface area contributed by atoms with Crippen LogP contribution in [0, 0.1) is 0 Å².